The molecule has 17 heavy (non-hydrogen) atoms. The minimum Gasteiger partial charge on any atom is -0.319 e. The predicted molar refractivity (Wildman–Crippen MR) is 53.8 cm³/mol. The van der Waals surface area contributed by atoms with Crippen LogP contribution in [0.1, 0.15) is 22.7 Å². The molecule has 1 aromatic rings. The molecule has 1 atom stereocenters. The summed E-state index contributed by atoms with van der Waals surface area (Å²) in [5, 5.41) is 0. The van der Waals surface area contributed by atoms with Crippen molar-refractivity contribution in [2.75, 3.05) is 0 Å². The van der Waals surface area contributed by atoms with E-state index in [-0.39, 0.29) is 5.56 Å². The molecule has 0 saturated heterocycles. The standard InChI is InChI=1S/C11H12F5N/c1-6-4-3-5-8(7(6)2)9(17)10(12,13)11(14,15)16/h3-5,9H,17H2,1-2H3/t9-/m0/s1. The fourth-order valence-corrected chi connectivity index (χ4v) is 1.48. The van der Waals surface area contributed by atoms with Gasteiger partial charge in [-0.05, 0) is 30.5 Å². The fraction of sp³-hybridized carbons (Fsp3) is 0.455. The Morgan fingerprint density at radius 1 is 1.06 bits per heavy atom. The van der Waals surface area contributed by atoms with Gasteiger partial charge in [-0.25, -0.2) is 0 Å². The van der Waals surface area contributed by atoms with Crippen LogP contribution in [0, 0.1) is 13.8 Å². The Labute approximate surface area is 95.4 Å². The highest BCUT2D eigenvalue weighted by molar-refractivity contribution is 5.36. The third kappa shape index (κ3) is 2.41. The van der Waals surface area contributed by atoms with E-state index in [1.165, 1.54) is 19.1 Å². The summed E-state index contributed by atoms with van der Waals surface area (Å²) in [5.41, 5.74) is 5.84. The Hall–Kier alpha value is -1.17. The molecule has 1 rings (SSSR count). The second-order valence-corrected chi connectivity index (χ2v) is 3.89. The Morgan fingerprint density at radius 3 is 2.06 bits per heavy atom. The summed E-state index contributed by atoms with van der Waals surface area (Å²) >= 11 is 0. The summed E-state index contributed by atoms with van der Waals surface area (Å²) in [6.07, 6.45) is -5.65. The van der Waals surface area contributed by atoms with E-state index < -0.39 is 18.1 Å². The highest BCUT2D eigenvalue weighted by Gasteiger charge is 2.61. The van der Waals surface area contributed by atoms with Crippen LogP contribution in [0.25, 0.3) is 0 Å². The number of halogens is 5. The number of hydrogen-bond donors (Lipinski definition) is 1. The lowest BCUT2D eigenvalue weighted by Crippen LogP contribution is -2.46. The van der Waals surface area contributed by atoms with Gasteiger partial charge in [-0.15, -0.1) is 0 Å². The second-order valence-electron chi connectivity index (χ2n) is 3.89. The fourth-order valence-electron chi connectivity index (χ4n) is 1.48. The van der Waals surface area contributed by atoms with Crippen LogP contribution in [-0.4, -0.2) is 12.1 Å². The lowest BCUT2D eigenvalue weighted by molar-refractivity contribution is -0.291. The van der Waals surface area contributed by atoms with Crippen LogP contribution < -0.4 is 5.73 Å². The molecule has 0 bridgehead atoms. The summed E-state index contributed by atoms with van der Waals surface area (Å²) in [5.74, 6) is -4.94. The van der Waals surface area contributed by atoms with E-state index in [0.717, 1.165) is 0 Å². The maximum absolute atomic E-state index is 13.1. The first kappa shape index (κ1) is 13.9. The minimum absolute atomic E-state index is 0.188. The highest BCUT2D eigenvalue weighted by atomic mass is 19.4. The van der Waals surface area contributed by atoms with Crippen molar-refractivity contribution in [2.24, 2.45) is 5.73 Å². The molecule has 0 aliphatic heterocycles. The van der Waals surface area contributed by atoms with Crippen molar-refractivity contribution in [3.05, 3.63) is 34.9 Å². The Morgan fingerprint density at radius 2 is 1.59 bits per heavy atom. The smallest absolute Gasteiger partial charge is 0.319 e. The molecular formula is C11H12F5N. The third-order valence-corrected chi connectivity index (χ3v) is 2.75. The molecule has 0 aromatic heterocycles. The van der Waals surface area contributed by atoms with Crippen molar-refractivity contribution in [1.82, 2.24) is 0 Å². The largest absolute Gasteiger partial charge is 0.455 e. The van der Waals surface area contributed by atoms with Crippen molar-refractivity contribution in [3.63, 3.8) is 0 Å². The quantitative estimate of drug-likeness (QED) is 0.802. The summed E-state index contributed by atoms with van der Waals surface area (Å²) < 4.78 is 62.7. The molecule has 0 fully saturated rings. The molecule has 0 heterocycles. The van der Waals surface area contributed by atoms with Crippen LogP contribution in [0.4, 0.5) is 22.0 Å². The van der Waals surface area contributed by atoms with Crippen LogP contribution in [0.5, 0.6) is 0 Å². The van der Waals surface area contributed by atoms with Crippen molar-refractivity contribution in [1.29, 1.82) is 0 Å². The first-order valence-corrected chi connectivity index (χ1v) is 4.85. The maximum atomic E-state index is 13.1. The summed E-state index contributed by atoms with van der Waals surface area (Å²) in [6.45, 7) is 3.09. The van der Waals surface area contributed by atoms with Gasteiger partial charge < -0.3 is 5.73 Å². The lowest BCUT2D eigenvalue weighted by atomic mass is 9.94. The number of hydrogen-bond acceptors (Lipinski definition) is 1. The van der Waals surface area contributed by atoms with Crippen LogP contribution in [0.3, 0.4) is 0 Å². The van der Waals surface area contributed by atoms with Gasteiger partial charge in [-0.1, -0.05) is 18.2 Å². The van der Waals surface area contributed by atoms with Gasteiger partial charge in [-0.3, -0.25) is 0 Å². The first-order chi connectivity index (χ1) is 7.59. The minimum atomic E-state index is -5.65. The van der Waals surface area contributed by atoms with E-state index in [1.807, 2.05) is 0 Å². The zero-order valence-electron chi connectivity index (χ0n) is 9.28. The molecule has 1 nitrogen and oxygen atoms in total. The normalized spacial score (nSPS) is 14.8. The molecule has 0 aliphatic carbocycles. The van der Waals surface area contributed by atoms with Gasteiger partial charge in [0.1, 0.15) is 6.04 Å². The molecule has 1 aromatic carbocycles. The summed E-state index contributed by atoms with van der Waals surface area (Å²) in [7, 11) is 0. The topological polar surface area (TPSA) is 26.0 Å². The van der Waals surface area contributed by atoms with Crippen molar-refractivity contribution < 1.29 is 22.0 Å². The van der Waals surface area contributed by atoms with Gasteiger partial charge >= 0.3 is 12.1 Å². The van der Waals surface area contributed by atoms with Gasteiger partial charge in [0.2, 0.25) is 0 Å². The van der Waals surface area contributed by atoms with E-state index in [9.17, 15) is 22.0 Å². The van der Waals surface area contributed by atoms with Crippen molar-refractivity contribution >= 4 is 0 Å². The lowest BCUT2D eigenvalue weighted by Gasteiger charge is -2.27. The molecule has 0 spiro atoms. The molecule has 2 N–H and O–H groups in total. The van der Waals surface area contributed by atoms with E-state index in [2.05, 4.69) is 0 Å². The second kappa shape index (κ2) is 4.25. The van der Waals surface area contributed by atoms with E-state index in [1.54, 1.807) is 13.0 Å². The zero-order chi connectivity index (χ0) is 13.4. The molecule has 0 radical (unpaired) electrons. The third-order valence-electron chi connectivity index (χ3n) is 2.75. The van der Waals surface area contributed by atoms with E-state index in [0.29, 0.717) is 11.1 Å². The number of rotatable bonds is 2. The van der Waals surface area contributed by atoms with E-state index >= 15 is 0 Å². The highest BCUT2D eigenvalue weighted by Crippen LogP contribution is 2.44. The van der Waals surface area contributed by atoms with Gasteiger partial charge in [0.25, 0.3) is 0 Å². The Bertz CT molecular complexity index is 411. The van der Waals surface area contributed by atoms with Gasteiger partial charge in [0, 0.05) is 0 Å². The predicted octanol–water partition coefficient (Wildman–Crippen LogP) is 3.50. The molecule has 0 unspecified atom stereocenters. The van der Waals surface area contributed by atoms with Gasteiger partial charge in [0.05, 0.1) is 0 Å². The number of aryl methyl sites for hydroxylation is 1. The number of nitrogens with two attached hydrogens (primary N) is 1. The molecule has 96 valence electrons. The molecule has 0 amide bonds. The van der Waals surface area contributed by atoms with Crippen LogP contribution in [-0.2, 0) is 0 Å². The average molecular weight is 253 g/mol. The van der Waals surface area contributed by atoms with Crippen LogP contribution in [0.15, 0.2) is 18.2 Å². The van der Waals surface area contributed by atoms with Crippen molar-refractivity contribution in [2.45, 2.75) is 32.0 Å². The SMILES string of the molecule is Cc1cccc([C@H](N)C(F)(F)C(F)(F)F)c1C. The van der Waals surface area contributed by atoms with Crippen LogP contribution in [0.2, 0.25) is 0 Å². The zero-order valence-corrected chi connectivity index (χ0v) is 9.28. The first-order valence-electron chi connectivity index (χ1n) is 4.85. The van der Waals surface area contributed by atoms with Gasteiger partial charge in [0.15, 0.2) is 0 Å². The Kier molecular flexibility index (Phi) is 3.47. The monoisotopic (exact) mass is 253 g/mol. The summed E-state index contributed by atoms with van der Waals surface area (Å²) in [6, 6.07) is 1.83. The van der Waals surface area contributed by atoms with Gasteiger partial charge in [-0.2, -0.15) is 22.0 Å². The maximum Gasteiger partial charge on any atom is 0.455 e. The Balaban J connectivity index is 3.22. The van der Waals surface area contributed by atoms with Crippen LogP contribution >= 0.6 is 0 Å². The molecular weight excluding hydrogens is 241 g/mol. The molecule has 6 heteroatoms. The van der Waals surface area contributed by atoms with Crippen molar-refractivity contribution in [3.8, 4) is 0 Å². The number of alkyl halides is 5. The number of benzene rings is 1. The van der Waals surface area contributed by atoms with E-state index in [4.69, 9.17) is 5.73 Å². The molecule has 0 aliphatic rings. The molecule has 0 saturated carbocycles. The average Bonchev–Trinajstić information content (AvgIpc) is 2.19. The summed E-state index contributed by atoms with van der Waals surface area (Å²) in [4.78, 5) is 0.